The zero-order valence-electron chi connectivity index (χ0n) is 21.3. The monoisotopic (exact) mass is 637 g/mol. The third kappa shape index (κ3) is 7.17. The Labute approximate surface area is 240 Å². The highest BCUT2D eigenvalue weighted by Gasteiger charge is 2.23. The number of hydrogen-bond donors (Lipinski definition) is 0. The summed E-state index contributed by atoms with van der Waals surface area (Å²) in [4.78, 5) is 15.1. The van der Waals surface area contributed by atoms with Gasteiger partial charge in [-0.2, -0.15) is 0 Å². The van der Waals surface area contributed by atoms with Gasteiger partial charge in [-0.3, -0.25) is 4.79 Å². The third-order valence-electron chi connectivity index (χ3n) is 6.05. The van der Waals surface area contributed by atoms with Crippen LogP contribution in [0.1, 0.15) is 27.0 Å². The van der Waals surface area contributed by atoms with Crippen molar-refractivity contribution in [3.63, 3.8) is 0 Å². The van der Waals surface area contributed by atoms with Crippen molar-refractivity contribution in [2.24, 2.45) is 0 Å². The van der Waals surface area contributed by atoms with Gasteiger partial charge in [-0.1, -0.05) is 72.8 Å². The molecule has 0 bridgehead atoms. The van der Waals surface area contributed by atoms with E-state index in [1.165, 1.54) is 0 Å². The van der Waals surface area contributed by atoms with Crippen molar-refractivity contribution in [1.82, 2.24) is 4.90 Å². The second-order valence-electron chi connectivity index (χ2n) is 8.75. The summed E-state index contributed by atoms with van der Waals surface area (Å²) in [5.41, 5.74) is 3.77. The van der Waals surface area contributed by atoms with E-state index in [1.807, 2.05) is 84.9 Å². The maximum atomic E-state index is 13.4. The fraction of sp³-hybridized carbons (Fsp3) is 0.194. The Bertz CT molecular complexity index is 1350. The van der Waals surface area contributed by atoms with Crippen LogP contribution in [0.25, 0.3) is 0 Å². The highest BCUT2D eigenvalue weighted by atomic mass is 79.9. The second kappa shape index (κ2) is 13.5. The summed E-state index contributed by atoms with van der Waals surface area (Å²) in [6.07, 6.45) is 0.716. The van der Waals surface area contributed by atoms with Crippen LogP contribution in [0.4, 0.5) is 0 Å². The van der Waals surface area contributed by atoms with Gasteiger partial charge in [0.2, 0.25) is 0 Å². The normalized spacial score (nSPS) is 10.6. The molecule has 0 unspecified atom stereocenters. The fourth-order valence-electron chi connectivity index (χ4n) is 3.87. The van der Waals surface area contributed by atoms with Crippen molar-refractivity contribution < 1.29 is 19.0 Å². The highest BCUT2D eigenvalue weighted by molar-refractivity contribution is 9.13. The van der Waals surface area contributed by atoms with Gasteiger partial charge in [-0.15, -0.1) is 0 Å². The highest BCUT2D eigenvalue weighted by Crippen LogP contribution is 2.43. The summed E-state index contributed by atoms with van der Waals surface area (Å²) >= 11 is 7.12. The topological polar surface area (TPSA) is 48.0 Å². The van der Waals surface area contributed by atoms with E-state index in [2.05, 4.69) is 31.9 Å². The van der Waals surface area contributed by atoms with Gasteiger partial charge in [-0.25, -0.2) is 0 Å². The molecule has 0 spiro atoms. The zero-order chi connectivity index (χ0) is 26.9. The van der Waals surface area contributed by atoms with Gasteiger partial charge >= 0.3 is 0 Å². The van der Waals surface area contributed by atoms with E-state index in [1.54, 1.807) is 25.1 Å². The van der Waals surface area contributed by atoms with Gasteiger partial charge in [0.1, 0.15) is 19.0 Å². The summed E-state index contributed by atoms with van der Waals surface area (Å²) in [5.74, 6) is 1.72. The minimum atomic E-state index is -0.118. The van der Waals surface area contributed by atoms with Gasteiger partial charge < -0.3 is 19.1 Å². The molecule has 0 atom stereocenters. The second-order valence-corrected chi connectivity index (χ2v) is 10.3. The van der Waals surface area contributed by atoms with E-state index in [9.17, 15) is 4.79 Å². The van der Waals surface area contributed by atoms with E-state index in [4.69, 9.17) is 14.2 Å². The summed E-state index contributed by atoms with van der Waals surface area (Å²) in [7, 11) is 3.38. The van der Waals surface area contributed by atoms with E-state index in [-0.39, 0.29) is 5.91 Å². The number of carbonyl (C=O) groups is 1. The molecule has 0 aromatic heterocycles. The minimum absolute atomic E-state index is 0.118. The lowest BCUT2D eigenvalue weighted by molar-refractivity contribution is 0.0795. The maximum Gasteiger partial charge on any atom is 0.254 e. The van der Waals surface area contributed by atoms with Crippen molar-refractivity contribution in [2.75, 3.05) is 20.7 Å². The average molecular weight is 639 g/mol. The van der Waals surface area contributed by atoms with E-state index in [0.717, 1.165) is 22.4 Å². The van der Waals surface area contributed by atoms with Crippen LogP contribution in [0, 0.1) is 0 Å². The number of likely N-dealkylation sites (N-methyl/N-ethyl adjacent to an activating group) is 1. The molecule has 4 rings (SSSR count). The van der Waals surface area contributed by atoms with Gasteiger partial charge in [-0.05, 0) is 73.2 Å². The number of methoxy groups -OCH3 is 1. The molecule has 38 heavy (non-hydrogen) atoms. The van der Waals surface area contributed by atoms with Crippen LogP contribution in [-0.2, 0) is 19.6 Å². The molecule has 0 heterocycles. The summed E-state index contributed by atoms with van der Waals surface area (Å²) in [6.45, 7) is 1.44. The van der Waals surface area contributed by atoms with Crippen LogP contribution < -0.4 is 14.2 Å². The lowest BCUT2D eigenvalue weighted by Crippen LogP contribution is -2.29. The lowest BCUT2D eigenvalue weighted by Gasteiger charge is -2.21. The van der Waals surface area contributed by atoms with Crippen LogP contribution in [-0.4, -0.2) is 31.5 Å². The summed E-state index contributed by atoms with van der Waals surface area (Å²) < 4.78 is 18.7. The quantitative estimate of drug-likeness (QED) is 0.169. The molecule has 4 aromatic rings. The van der Waals surface area contributed by atoms with Gasteiger partial charge in [0.05, 0.1) is 17.1 Å². The molecular formula is C31H29Br2NO4. The molecule has 0 aliphatic heterocycles. The Morgan fingerprint density at radius 3 is 1.92 bits per heavy atom. The predicted octanol–water partition coefficient (Wildman–Crippen LogP) is 7.69. The Balaban J connectivity index is 1.39. The molecule has 0 saturated carbocycles. The Kier molecular flexibility index (Phi) is 9.85. The number of nitrogens with zero attached hydrogens (tertiary/aromatic N) is 1. The van der Waals surface area contributed by atoms with Crippen molar-refractivity contribution in [3.8, 4) is 17.2 Å². The molecule has 4 aromatic carbocycles. The van der Waals surface area contributed by atoms with Crippen LogP contribution in [0.5, 0.6) is 17.2 Å². The van der Waals surface area contributed by atoms with Crippen LogP contribution in [0.3, 0.4) is 0 Å². The molecule has 0 aliphatic rings. The van der Waals surface area contributed by atoms with E-state index < -0.39 is 0 Å². The smallest absolute Gasteiger partial charge is 0.254 e. The van der Waals surface area contributed by atoms with Crippen molar-refractivity contribution >= 4 is 37.8 Å². The Morgan fingerprint density at radius 1 is 0.763 bits per heavy atom. The molecule has 5 nitrogen and oxygen atoms in total. The first kappa shape index (κ1) is 27.7. The van der Waals surface area contributed by atoms with Crippen LogP contribution >= 0.6 is 31.9 Å². The van der Waals surface area contributed by atoms with Crippen LogP contribution in [0.15, 0.2) is 99.9 Å². The molecule has 7 heteroatoms. The van der Waals surface area contributed by atoms with Crippen molar-refractivity contribution in [3.05, 3.63) is 122 Å². The minimum Gasteiger partial charge on any atom is -0.492 e. The average Bonchev–Trinajstić information content (AvgIpc) is 2.96. The first-order chi connectivity index (χ1) is 18.5. The fourth-order valence-corrected chi connectivity index (χ4v) is 4.91. The number of benzene rings is 4. The first-order valence-electron chi connectivity index (χ1n) is 12.2. The number of rotatable bonds is 11. The number of ether oxygens (including phenoxy) is 3. The van der Waals surface area contributed by atoms with Gasteiger partial charge in [0.25, 0.3) is 5.91 Å². The standard InChI is InChI=1S/C31H29Br2NO4/c1-34(18-17-22-13-15-25(16-14-22)37-20-23-9-5-3-6-10-23)31(35)26-19-27(30(36-2)29(33)28(26)32)38-21-24-11-7-4-8-12-24/h3-16,19H,17-18,20-21H2,1-2H3. The molecular weight excluding hydrogens is 610 g/mol. The van der Waals surface area contributed by atoms with Crippen molar-refractivity contribution in [2.45, 2.75) is 19.6 Å². The third-order valence-corrected chi connectivity index (χ3v) is 8.17. The largest absolute Gasteiger partial charge is 0.492 e. The molecule has 0 fully saturated rings. The van der Waals surface area contributed by atoms with Gasteiger partial charge in [0.15, 0.2) is 11.5 Å². The molecule has 0 aliphatic carbocycles. The summed E-state index contributed by atoms with van der Waals surface area (Å²) in [6, 6.07) is 29.7. The molecule has 0 saturated heterocycles. The molecule has 1 amide bonds. The zero-order valence-corrected chi connectivity index (χ0v) is 24.5. The number of halogens is 2. The number of carbonyl (C=O) groups excluding carboxylic acids is 1. The maximum absolute atomic E-state index is 13.4. The molecule has 196 valence electrons. The lowest BCUT2D eigenvalue weighted by atomic mass is 10.1. The van der Waals surface area contributed by atoms with Gasteiger partial charge in [0, 0.05) is 18.1 Å². The van der Waals surface area contributed by atoms with E-state index >= 15 is 0 Å². The number of amides is 1. The first-order valence-corrected chi connectivity index (χ1v) is 13.8. The Morgan fingerprint density at radius 2 is 1.34 bits per heavy atom. The Hall–Kier alpha value is -3.29. The molecule has 0 N–H and O–H groups in total. The van der Waals surface area contributed by atoms with Crippen molar-refractivity contribution in [1.29, 1.82) is 0 Å². The summed E-state index contributed by atoms with van der Waals surface area (Å²) in [5, 5.41) is 0. The number of hydrogen-bond acceptors (Lipinski definition) is 4. The van der Waals surface area contributed by atoms with Crippen LogP contribution in [0.2, 0.25) is 0 Å². The SMILES string of the molecule is COc1c(OCc2ccccc2)cc(C(=O)N(C)CCc2ccc(OCc3ccccc3)cc2)c(Br)c1Br. The van der Waals surface area contributed by atoms with E-state index in [0.29, 0.717) is 52.2 Å². The molecule has 0 radical (unpaired) electrons. The predicted molar refractivity (Wildman–Crippen MR) is 157 cm³/mol.